The second kappa shape index (κ2) is 12.7. The summed E-state index contributed by atoms with van der Waals surface area (Å²) in [5.41, 5.74) is 10.1. The third-order valence-corrected chi connectivity index (χ3v) is 7.41. The van der Waals surface area contributed by atoms with E-state index in [-0.39, 0.29) is 17.8 Å². The SMILES string of the molecule is CC(Cc1ccccc1N1CCN(C(=O)C(N)Cc2ccc(Cl)cc2Cl)CC1)NCc1ccccc1F. The van der Waals surface area contributed by atoms with Crippen molar-refractivity contribution in [3.63, 3.8) is 0 Å². The van der Waals surface area contributed by atoms with Crippen LogP contribution in [-0.4, -0.2) is 49.1 Å². The molecule has 3 aromatic rings. The zero-order chi connectivity index (χ0) is 26.4. The summed E-state index contributed by atoms with van der Waals surface area (Å²) in [6, 6.07) is 20.0. The van der Waals surface area contributed by atoms with E-state index in [9.17, 15) is 9.18 Å². The van der Waals surface area contributed by atoms with Gasteiger partial charge in [0.25, 0.3) is 0 Å². The molecule has 1 heterocycles. The molecule has 2 atom stereocenters. The Morgan fingerprint density at radius 1 is 0.946 bits per heavy atom. The summed E-state index contributed by atoms with van der Waals surface area (Å²) in [6.45, 7) is 5.27. The van der Waals surface area contributed by atoms with E-state index >= 15 is 0 Å². The molecule has 2 unspecified atom stereocenters. The van der Waals surface area contributed by atoms with Crippen molar-refractivity contribution in [2.45, 2.75) is 38.4 Å². The molecule has 3 aromatic carbocycles. The Balaban J connectivity index is 1.31. The van der Waals surface area contributed by atoms with E-state index in [1.807, 2.05) is 29.2 Å². The third-order valence-electron chi connectivity index (χ3n) is 6.82. The van der Waals surface area contributed by atoms with Crippen LogP contribution in [0.15, 0.2) is 66.7 Å². The van der Waals surface area contributed by atoms with Gasteiger partial charge >= 0.3 is 0 Å². The van der Waals surface area contributed by atoms with Crippen LogP contribution in [0.2, 0.25) is 10.0 Å². The third kappa shape index (κ3) is 7.23. The van der Waals surface area contributed by atoms with Gasteiger partial charge in [0, 0.05) is 60.1 Å². The van der Waals surface area contributed by atoms with Gasteiger partial charge in [-0.15, -0.1) is 0 Å². The smallest absolute Gasteiger partial charge is 0.239 e. The molecule has 1 aliphatic heterocycles. The van der Waals surface area contributed by atoms with Crippen molar-refractivity contribution >= 4 is 34.8 Å². The van der Waals surface area contributed by atoms with E-state index in [2.05, 4.69) is 29.3 Å². The minimum atomic E-state index is -0.654. The Labute approximate surface area is 228 Å². The van der Waals surface area contributed by atoms with Crippen LogP contribution in [0.25, 0.3) is 0 Å². The number of carbonyl (C=O) groups excluding carboxylic acids is 1. The molecule has 1 fully saturated rings. The van der Waals surface area contributed by atoms with Crippen LogP contribution >= 0.6 is 23.2 Å². The lowest BCUT2D eigenvalue weighted by Gasteiger charge is -2.38. The summed E-state index contributed by atoms with van der Waals surface area (Å²) in [5.74, 6) is -0.254. The van der Waals surface area contributed by atoms with Gasteiger partial charge in [-0.1, -0.05) is 65.7 Å². The lowest BCUT2D eigenvalue weighted by atomic mass is 10.0. The largest absolute Gasteiger partial charge is 0.368 e. The molecule has 196 valence electrons. The molecule has 0 spiro atoms. The van der Waals surface area contributed by atoms with Crippen LogP contribution in [0.1, 0.15) is 23.6 Å². The number of nitrogens with zero attached hydrogens (tertiary/aromatic N) is 2. The number of amides is 1. The summed E-state index contributed by atoms with van der Waals surface area (Å²) < 4.78 is 14.0. The van der Waals surface area contributed by atoms with Crippen LogP contribution in [0.4, 0.5) is 10.1 Å². The normalized spacial score (nSPS) is 15.5. The number of para-hydroxylation sites is 1. The van der Waals surface area contributed by atoms with Crippen molar-refractivity contribution in [3.8, 4) is 0 Å². The first kappa shape index (κ1) is 27.4. The molecule has 5 nitrogen and oxygen atoms in total. The van der Waals surface area contributed by atoms with E-state index in [4.69, 9.17) is 28.9 Å². The molecule has 0 saturated carbocycles. The quantitative estimate of drug-likeness (QED) is 0.396. The van der Waals surface area contributed by atoms with Gasteiger partial charge in [-0.2, -0.15) is 0 Å². The topological polar surface area (TPSA) is 61.6 Å². The summed E-state index contributed by atoms with van der Waals surface area (Å²) >= 11 is 12.2. The fourth-order valence-electron chi connectivity index (χ4n) is 4.73. The fraction of sp³-hybridized carbons (Fsp3) is 0.345. The van der Waals surface area contributed by atoms with Crippen molar-refractivity contribution in [3.05, 3.63) is 99.3 Å². The van der Waals surface area contributed by atoms with Crippen molar-refractivity contribution in [1.29, 1.82) is 0 Å². The van der Waals surface area contributed by atoms with Gasteiger partial charge in [-0.3, -0.25) is 4.79 Å². The van der Waals surface area contributed by atoms with Crippen LogP contribution in [0.5, 0.6) is 0 Å². The highest BCUT2D eigenvalue weighted by molar-refractivity contribution is 6.35. The standard InChI is InChI=1S/C29H33Cl2FN4O/c1-20(34-19-23-7-2-4-8-26(23)32)16-22-6-3-5-9-28(22)35-12-14-36(15-13-35)29(37)27(33)17-21-10-11-24(30)18-25(21)31/h2-11,18,20,27,34H,12-17,19,33H2,1H3. The maximum atomic E-state index is 14.0. The minimum absolute atomic E-state index is 0.0649. The zero-order valence-corrected chi connectivity index (χ0v) is 22.5. The average Bonchev–Trinajstić information content (AvgIpc) is 2.90. The molecule has 0 aromatic heterocycles. The Morgan fingerprint density at radius 2 is 1.62 bits per heavy atom. The number of piperazine rings is 1. The number of hydrogen-bond donors (Lipinski definition) is 2. The number of nitrogens with two attached hydrogens (primary N) is 1. The second-order valence-corrected chi connectivity index (χ2v) is 10.4. The second-order valence-electron chi connectivity index (χ2n) is 9.56. The van der Waals surface area contributed by atoms with Crippen molar-refractivity contribution < 1.29 is 9.18 Å². The Bertz CT molecular complexity index is 1220. The van der Waals surface area contributed by atoms with Crippen LogP contribution in [0.3, 0.4) is 0 Å². The van der Waals surface area contributed by atoms with E-state index in [0.29, 0.717) is 41.7 Å². The van der Waals surface area contributed by atoms with E-state index in [0.717, 1.165) is 25.1 Å². The molecule has 1 aliphatic rings. The molecule has 0 radical (unpaired) electrons. The molecular weight excluding hydrogens is 510 g/mol. The first-order chi connectivity index (χ1) is 17.8. The Kier molecular flexibility index (Phi) is 9.43. The molecular formula is C29H33Cl2FN4O. The molecule has 1 saturated heterocycles. The number of anilines is 1. The van der Waals surface area contributed by atoms with Gasteiger partial charge < -0.3 is 20.9 Å². The zero-order valence-electron chi connectivity index (χ0n) is 21.0. The monoisotopic (exact) mass is 542 g/mol. The predicted octanol–water partition coefficient (Wildman–Crippen LogP) is 5.07. The first-order valence-corrected chi connectivity index (χ1v) is 13.4. The van der Waals surface area contributed by atoms with E-state index in [1.54, 1.807) is 24.3 Å². The molecule has 0 bridgehead atoms. The number of hydrogen-bond acceptors (Lipinski definition) is 4. The lowest BCUT2D eigenvalue weighted by molar-refractivity contribution is -0.132. The minimum Gasteiger partial charge on any atom is -0.368 e. The van der Waals surface area contributed by atoms with Crippen molar-refractivity contribution in [2.75, 3.05) is 31.1 Å². The number of halogens is 3. The maximum Gasteiger partial charge on any atom is 0.239 e. The van der Waals surface area contributed by atoms with Crippen LogP contribution in [-0.2, 0) is 24.2 Å². The van der Waals surface area contributed by atoms with E-state index < -0.39 is 6.04 Å². The fourth-order valence-corrected chi connectivity index (χ4v) is 5.22. The number of carbonyl (C=O) groups is 1. The highest BCUT2D eigenvalue weighted by atomic mass is 35.5. The first-order valence-electron chi connectivity index (χ1n) is 12.6. The molecule has 1 amide bonds. The van der Waals surface area contributed by atoms with Crippen molar-refractivity contribution in [2.24, 2.45) is 5.73 Å². The number of nitrogens with one attached hydrogen (secondary N) is 1. The number of rotatable bonds is 9. The van der Waals surface area contributed by atoms with Gasteiger partial charge in [0.1, 0.15) is 5.82 Å². The maximum absolute atomic E-state index is 14.0. The molecule has 8 heteroatoms. The predicted molar refractivity (Wildman–Crippen MR) is 150 cm³/mol. The summed E-state index contributed by atoms with van der Waals surface area (Å²) in [7, 11) is 0. The summed E-state index contributed by atoms with van der Waals surface area (Å²) in [6.07, 6.45) is 1.19. The van der Waals surface area contributed by atoms with E-state index in [1.165, 1.54) is 17.3 Å². The van der Waals surface area contributed by atoms with Crippen LogP contribution in [0, 0.1) is 5.82 Å². The van der Waals surface area contributed by atoms with Gasteiger partial charge in [0.15, 0.2) is 0 Å². The molecule has 0 aliphatic carbocycles. The van der Waals surface area contributed by atoms with Gasteiger partial charge in [-0.25, -0.2) is 4.39 Å². The summed E-state index contributed by atoms with van der Waals surface area (Å²) in [5, 5.41) is 4.52. The molecule has 37 heavy (non-hydrogen) atoms. The van der Waals surface area contributed by atoms with Gasteiger partial charge in [0.05, 0.1) is 6.04 Å². The average molecular weight is 544 g/mol. The molecule has 4 rings (SSSR count). The summed E-state index contributed by atoms with van der Waals surface area (Å²) in [4.78, 5) is 17.2. The van der Waals surface area contributed by atoms with Gasteiger partial charge in [0.2, 0.25) is 5.91 Å². The number of benzene rings is 3. The lowest BCUT2D eigenvalue weighted by Crippen LogP contribution is -2.53. The van der Waals surface area contributed by atoms with Gasteiger partial charge in [-0.05, 0) is 55.2 Å². The Morgan fingerprint density at radius 3 is 2.32 bits per heavy atom. The molecule has 3 N–H and O–H groups in total. The van der Waals surface area contributed by atoms with Crippen molar-refractivity contribution in [1.82, 2.24) is 10.2 Å². The Hall–Kier alpha value is -2.64. The highest BCUT2D eigenvalue weighted by Crippen LogP contribution is 2.25. The van der Waals surface area contributed by atoms with Crippen LogP contribution < -0.4 is 16.0 Å². The highest BCUT2D eigenvalue weighted by Gasteiger charge is 2.27.